The van der Waals surface area contributed by atoms with Crippen LogP contribution < -0.4 is 0 Å². The first-order chi connectivity index (χ1) is 10.8. The van der Waals surface area contributed by atoms with Gasteiger partial charge in [-0.15, -0.1) is 0 Å². The van der Waals surface area contributed by atoms with E-state index in [4.69, 9.17) is 0 Å². The Morgan fingerprint density at radius 3 is 2.48 bits per heavy atom. The van der Waals surface area contributed by atoms with E-state index in [9.17, 15) is 18.3 Å². The predicted molar refractivity (Wildman–Crippen MR) is 84.0 cm³/mol. The number of aliphatic hydroxyl groups is 1. The van der Waals surface area contributed by atoms with E-state index in [0.717, 1.165) is 25.7 Å². The molecule has 6 heteroatoms. The molecule has 0 unspecified atom stereocenters. The van der Waals surface area contributed by atoms with E-state index >= 15 is 0 Å². The van der Waals surface area contributed by atoms with Gasteiger partial charge in [0.2, 0.25) is 0 Å². The second-order valence-corrected chi connectivity index (χ2v) is 6.41. The summed E-state index contributed by atoms with van der Waals surface area (Å²) in [6.45, 7) is 5.58. The standard InChI is InChI=1S/C17H25F3N2O/c1-3-21(2)8-14-10-22(11-15(14)12-23)9-13-6-4-5-7-16(13)17(18,19)20/h4-7,14-15,23H,3,8-12H2,1-2H3/t14-,15-/m1/s1. The molecule has 0 amide bonds. The SMILES string of the molecule is CCN(C)C[C@@H]1CN(Cc2ccccc2C(F)(F)F)C[C@@H]1CO. The lowest BCUT2D eigenvalue weighted by molar-refractivity contribution is -0.138. The van der Waals surface area contributed by atoms with Gasteiger partial charge in [0.1, 0.15) is 0 Å². The molecule has 3 nitrogen and oxygen atoms in total. The molecule has 2 rings (SSSR count). The van der Waals surface area contributed by atoms with Crippen LogP contribution in [0.3, 0.4) is 0 Å². The van der Waals surface area contributed by atoms with Gasteiger partial charge in [-0.3, -0.25) is 4.90 Å². The fourth-order valence-corrected chi connectivity index (χ4v) is 3.28. The quantitative estimate of drug-likeness (QED) is 0.869. The van der Waals surface area contributed by atoms with Gasteiger partial charge in [-0.05, 0) is 37.1 Å². The van der Waals surface area contributed by atoms with Crippen LogP contribution >= 0.6 is 0 Å². The van der Waals surface area contributed by atoms with E-state index < -0.39 is 11.7 Å². The fraction of sp³-hybridized carbons (Fsp3) is 0.647. The topological polar surface area (TPSA) is 26.7 Å². The molecule has 130 valence electrons. The summed E-state index contributed by atoms with van der Waals surface area (Å²) in [6.07, 6.45) is -4.32. The number of aliphatic hydroxyl groups excluding tert-OH is 1. The molecule has 0 radical (unpaired) electrons. The molecule has 23 heavy (non-hydrogen) atoms. The third-order valence-electron chi connectivity index (χ3n) is 4.69. The van der Waals surface area contributed by atoms with Crippen molar-refractivity contribution >= 4 is 0 Å². The molecule has 0 aliphatic carbocycles. The molecule has 2 atom stereocenters. The Kier molecular flexibility index (Phi) is 6.06. The zero-order chi connectivity index (χ0) is 17.0. The van der Waals surface area contributed by atoms with Crippen molar-refractivity contribution in [2.24, 2.45) is 11.8 Å². The van der Waals surface area contributed by atoms with Crippen molar-refractivity contribution in [2.45, 2.75) is 19.6 Å². The van der Waals surface area contributed by atoms with E-state index in [0.29, 0.717) is 18.0 Å². The monoisotopic (exact) mass is 330 g/mol. The minimum atomic E-state index is -4.32. The van der Waals surface area contributed by atoms with Gasteiger partial charge in [0, 0.05) is 32.8 Å². The minimum absolute atomic E-state index is 0.0830. The van der Waals surface area contributed by atoms with Crippen LogP contribution in [0.15, 0.2) is 24.3 Å². The minimum Gasteiger partial charge on any atom is -0.396 e. The maximum Gasteiger partial charge on any atom is 0.416 e. The van der Waals surface area contributed by atoms with Gasteiger partial charge in [-0.1, -0.05) is 25.1 Å². The molecule has 0 bridgehead atoms. The van der Waals surface area contributed by atoms with Crippen LogP contribution in [0.25, 0.3) is 0 Å². The summed E-state index contributed by atoms with van der Waals surface area (Å²) < 4.78 is 39.3. The average Bonchev–Trinajstić information content (AvgIpc) is 2.88. The van der Waals surface area contributed by atoms with Gasteiger partial charge in [0.05, 0.1) is 5.56 Å². The molecule has 1 fully saturated rings. The molecule has 1 aromatic rings. The van der Waals surface area contributed by atoms with E-state index in [1.165, 1.54) is 6.07 Å². The highest BCUT2D eigenvalue weighted by atomic mass is 19.4. The van der Waals surface area contributed by atoms with Crippen molar-refractivity contribution in [1.82, 2.24) is 9.80 Å². The van der Waals surface area contributed by atoms with Crippen molar-refractivity contribution < 1.29 is 18.3 Å². The Hall–Kier alpha value is -1.11. The summed E-state index contributed by atoms with van der Waals surface area (Å²) in [7, 11) is 2.02. The molecule has 1 N–H and O–H groups in total. The molecular weight excluding hydrogens is 305 g/mol. The average molecular weight is 330 g/mol. The van der Waals surface area contributed by atoms with Crippen LogP contribution in [0.5, 0.6) is 0 Å². The molecule has 0 aromatic heterocycles. The van der Waals surface area contributed by atoms with Gasteiger partial charge in [0.15, 0.2) is 0 Å². The molecule has 1 aromatic carbocycles. The first kappa shape index (κ1) is 18.2. The fourth-order valence-electron chi connectivity index (χ4n) is 3.28. The smallest absolute Gasteiger partial charge is 0.396 e. The number of halogens is 3. The maximum absolute atomic E-state index is 13.1. The lowest BCUT2D eigenvalue weighted by atomic mass is 9.96. The Morgan fingerprint density at radius 2 is 1.87 bits per heavy atom. The third kappa shape index (κ3) is 4.68. The Morgan fingerprint density at radius 1 is 1.22 bits per heavy atom. The van der Waals surface area contributed by atoms with Crippen LogP contribution in [0.1, 0.15) is 18.1 Å². The second-order valence-electron chi connectivity index (χ2n) is 6.41. The molecule has 1 heterocycles. The Balaban J connectivity index is 2.07. The Labute approximate surface area is 135 Å². The van der Waals surface area contributed by atoms with Crippen LogP contribution in [-0.4, -0.2) is 54.7 Å². The largest absolute Gasteiger partial charge is 0.416 e. The van der Waals surface area contributed by atoms with Gasteiger partial charge in [-0.2, -0.15) is 13.2 Å². The van der Waals surface area contributed by atoms with Gasteiger partial charge in [-0.25, -0.2) is 0 Å². The van der Waals surface area contributed by atoms with E-state index in [2.05, 4.69) is 11.8 Å². The lowest BCUT2D eigenvalue weighted by Gasteiger charge is -2.22. The van der Waals surface area contributed by atoms with Crippen molar-refractivity contribution in [3.05, 3.63) is 35.4 Å². The second kappa shape index (κ2) is 7.64. The normalized spacial score (nSPS) is 22.9. The first-order valence-electron chi connectivity index (χ1n) is 8.02. The van der Waals surface area contributed by atoms with Gasteiger partial charge < -0.3 is 10.0 Å². The number of hydrogen-bond donors (Lipinski definition) is 1. The maximum atomic E-state index is 13.1. The van der Waals surface area contributed by atoms with Gasteiger partial charge in [0.25, 0.3) is 0 Å². The summed E-state index contributed by atoms with van der Waals surface area (Å²) >= 11 is 0. The number of alkyl halides is 3. The van der Waals surface area contributed by atoms with E-state index in [1.807, 2.05) is 11.9 Å². The van der Waals surface area contributed by atoms with Crippen LogP contribution in [0, 0.1) is 11.8 Å². The molecule has 1 aliphatic heterocycles. The zero-order valence-electron chi connectivity index (χ0n) is 13.7. The molecule has 0 spiro atoms. The number of rotatable bonds is 6. The highest BCUT2D eigenvalue weighted by Gasteiger charge is 2.36. The molecule has 0 saturated carbocycles. The van der Waals surface area contributed by atoms with Crippen LogP contribution in [0.4, 0.5) is 13.2 Å². The summed E-state index contributed by atoms with van der Waals surface area (Å²) in [5, 5.41) is 9.56. The number of nitrogens with zero attached hydrogens (tertiary/aromatic N) is 2. The number of benzene rings is 1. The summed E-state index contributed by atoms with van der Waals surface area (Å²) in [5.41, 5.74) is -0.254. The van der Waals surface area contributed by atoms with Crippen molar-refractivity contribution in [2.75, 3.05) is 39.8 Å². The van der Waals surface area contributed by atoms with E-state index in [-0.39, 0.29) is 19.1 Å². The van der Waals surface area contributed by atoms with Crippen LogP contribution in [0.2, 0.25) is 0 Å². The highest BCUT2D eigenvalue weighted by Crippen LogP contribution is 2.33. The molecule has 1 aliphatic rings. The van der Waals surface area contributed by atoms with Crippen molar-refractivity contribution in [3.8, 4) is 0 Å². The van der Waals surface area contributed by atoms with E-state index in [1.54, 1.807) is 12.1 Å². The number of hydrogen-bond acceptors (Lipinski definition) is 3. The zero-order valence-corrected chi connectivity index (χ0v) is 13.7. The predicted octanol–water partition coefficient (Wildman–Crippen LogP) is 2.70. The third-order valence-corrected chi connectivity index (χ3v) is 4.69. The van der Waals surface area contributed by atoms with Gasteiger partial charge >= 0.3 is 6.18 Å². The summed E-state index contributed by atoms with van der Waals surface area (Å²) in [5.74, 6) is 0.421. The van der Waals surface area contributed by atoms with Crippen molar-refractivity contribution in [3.63, 3.8) is 0 Å². The lowest BCUT2D eigenvalue weighted by Crippen LogP contribution is -2.31. The Bertz CT molecular complexity index is 507. The first-order valence-corrected chi connectivity index (χ1v) is 8.02. The summed E-state index contributed by atoms with van der Waals surface area (Å²) in [4.78, 5) is 4.21. The highest BCUT2D eigenvalue weighted by molar-refractivity contribution is 5.29. The van der Waals surface area contributed by atoms with Crippen molar-refractivity contribution in [1.29, 1.82) is 0 Å². The number of likely N-dealkylation sites (tertiary alicyclic amines) is 1. The van der Waals surface area contributed by atoms with Crippen LogP contribution in [-0.2, 0) is 12.7 Å². The summed E-state index contributed by atoms with van der Waals surface area (Å²) in [6, 6.07) is 5.75. The molecular formula is C17H25F3N2O. The molecule has 1 saturated heterocycles.